The van der Waals surface area contributed by atoms with Crippen molar-refractivity contribution in [1.29, 1.82) is 0 Å². The minimum atomic E-state index is -0.895. The molecule has 0 aromatic heterocycles. The Morgan fingerprint density at radius 2 is 1.50 bits per heavy atom. The molecule has 0 radical (unpaired) electrons. The SMILES string of the molecule is Cc1c([N+](=O)[O-])cc(C(=O)Oc2ccccc2C(C)(C)C)cc1[N+](=O)[O-]. The monoisotopic (exact) mass is 358 g/mol. The van der Waals surface area contributed by atoms with E-state index in [4.69, 9.17) is 4.74 Å². The first-order valence-electron chi connectivity index (χ1n) is 7.77. The summed E-state index contributed by atoms with van der Waals surface area (Å²) in [5, 5.41) is 22.3. The molecule has 2 aromatic carbocycles. The van der Waals surface area contributed by atoms with Gasteiger partial charge in [-0.3, -0.25) is 20.2 Å². The standard InChI is InChI=1S/C18H18N2O6/c1-11-14(19(22)23)9-12(10-15(11)20(24)25)17(21)26-16-8-6-5-7-13(16)18(2,3)4/h5-10H,1-4H3. The van der Waals surface area contributed by atoms with Gasteiger partial charge in [0.2, 0.25) is 0 Å². The Morgan fingerprint density at radius 3 is 1.96 bits per heavy atom. The van der Waals surface area contributed by atoms with Gasteiger partial charge in [0.25, 0.3) is 11.4 Å². The Bertz CT molecular complexity index is 864. The van der Waals surface area contributed by atoms with E-state index in [-0.39, 0.29) is 16.5 Å². The van der Waals surface area contributed by atoms with E-state index in [0.29, 0.717) is 5.75 Å². The summed E-state index contributed by atoms with van der Waals surface area (Å²) in [7, 11) is 0. The van der Waals surface area contributed by atoms with Crippen molar-refractivity contribution in [3.05, 3.63) is 73.3 Å². The third kappa shape index (κ3) is 3.85. The number of para-hydroxylation sites is 1. The lowest BCUT2D eigenvalue weighted by Gasteiger charge is -2.22. The van der Waals surface area contributed by atoms with E-state index in [1.165, 1.54) is 6.92 Å². The third-order valence-electron chi connectivity index (χ3n) is 3.88. The van der Waals surface area contributed by atoms with Crippen molar-refractivity contribution < 1.29 is 19.4 Å². The van der Waals surface area contributed by atoms with Crippen LogP contribution in [0, 0.1) is 27.2 Å². The van der Waals surface area contributed by atoms with Crippen molar-refractivity contribution in [2.75, 3.05) is 0 Å². The van der Waals surface area contributed by atoms with Gasteiger partial charge in [0.15, 0.2) is 0 Å². The first-order valence-corrected chi connectivity index (χ1v) is 7.77. The minimum absolute atomic E-state index is 0.119. The molecule has 136 valence electrons. The summed E-state index contributed by atoms with van der Waals surface area (Å²) in [6.07, 6.45) is 0. The Kier molecular flexibility index (Phi) is 5.06. The second-order valence-corrected chi connectivity index (χ2v) is 6.79. The first-order chi connectivity index (χ1) is 12.0. The number of carbonyl (C=O) groups is 1. The molecule has 0 aliphatic rings. The van der Waals surface area contributed by atoms with Crippen LogP contribution in [0.5, 0.6) is 5.75 Å². The molecule has 2 rings (SSSR count). The highest BCUT2D eigenvalue weighted by Gasteiger charge is 2.27. The van der Waals surface area contributed by atoms with Crippen molar-refractivity contribution in [3.63, 3.8) is 0 Å². The van der Waals surface area contributed by atoms with Crippen LogP contribution in [0.1, 0.15) is 42.3 Å². The zero-order valence-corrected chi connectivity index (χ0v) is 14.8. The van der Waals surface area contributed by atoms with E-state index >= 15 is 0 Å². The molecule has 0 aliphatic heterocycles. The van der Waals surface area contributed by atoms with Gasteiger partial charge >= 0.3 is 5.97 Å². The molecule has 0 heterocycles. The fourth-order valence-electron chi connectivity index (χ4n) is 2.52. The highest BCUT2D eigenvalue weighted by atomic mass is 16.6. The highest BCUT2D eigenvalue weighted by Crippen LogP contribution is 2.33. The largest absolute Gasteiger partial charge is 0.423 e. The molecule has 2 aromatic rings. The quantitative estimate of drug-likeness (QED) is 0.348. The number of esters is 1. The Hall–Kier alpha value is -3.29. The topological polar surface area (TPSA) is 113 Å². The maximum atomic E-state index is 12.5. The van der Waals surface area contributed by atoms with Crippen molar-refractivity contribution >= 4 is 17.3 Å². The van der Waals surface area contributed by atoms with Crippen molar-refractivity contribution in [2.24, 2.45) is 0 Å². The number of nitro groups is 2. The summed E-state index contributed by atoms with van der Waals surface area (Å²) in [6, 6.07) is 8.89. The Labute approximate surface area is 149 Å². The van der Waals surface area contributed by atoms with Crippen molar-refractivity contribution in [1.82, 2.24) is 0 Å². The van der Waals surface area contributed by atoms with Gasteiger partial charge in [-0.1, -0.05) is 39.0 Å². The van der Waals surface area contributed by atoms with E-state index in [2.05, 4.69) is 0 Å². The van der Waals surface area contributed by atoms with Crippen LogP contribution in [0.4, 0.5) is 11.4 Å². The van der Waals surface area contributed by atoms with Gasteiger partial charge in [-0.15, -0.1) is 0 Å². The van der Waals surface area contributed by atoms with Gasteiger partial charge in [0.05, 0.1) is 15.4 Å². The van der Waals surface area contributed by atoms with E-state index in [1.54, 1.807) is 18.2 Å². The summed E-state index contributed by atoms with van der Waals surface area (Å²) in [4.78, 5) is 33.3. The summed E-state index contributed by atoms with van der Waals surface area (Å²) in [5.41, 5.74) is -0.915. The number of nitro benzene ring substituents is 2. The summed E-state index contributed by atoms with van der Waals surface area (Å²) in [6.45, 7) is 7.10. The summed E-state index contributed by atoms with van der Waals surface area (Å²) < 4.78 is 5.38. The summed E-state index contributed by atoms with van der Waals surface area (Å²) >= 11 is 0. The van der Waals surface area contributed by atoms with Crippen LogP contribution in [-0.2, 0) is 5.41 Å². The lowest BCUT2D eigenvalue weighted by Crippen LogP contribution is -2.16. The molecule has 0 N–H and O–H groups in total. The van der Waals surface area contributed by atoms with E-state index in [9.17, 15) is 25.0 Å². The van der Waals surface area contributed by atoms with Gasteiger partial charge in [-0.25, -0.2) is 4.79 Å². The molecule has 0 spiro atoms. The van der Waals surface area contributed by atoms with Gasteiger partial charge in [0, 0.05) is 17.7 Å². The zero-order chi connectivity index (χ0) is 19.6. The van der Waals surface area contributed by atoms with E-state index in [0.717, 1.165) is 17.7 Å². The normalized spacial score (nSPS) is 11.1. The smallest absolute Gasteiger partial charge is 0.344 e. The fraction of sp³-hybridized carbons (Fsp3) is 0.278. The Balaban J connectivity index is 2.49. The van der Waals surface area contributed by atoms with Crippen molar-refractivity contribution in [2.45, 2.75) is 33.1 Å². The number of nitrogens with zero attached hydrogens (tertiary/aromatic N) is 2. The zero-order valence-electron chi connectivity index (χ0n) is 14.8. The number of benzene rings is 2. The number of hydrogen-bond acceptors (Lipinski definition) is 6. The van der Waals surface area contributed by atoms with Crippen LogP contribution in [0.25, 0.3) is 0 Å². The van der Waals surface area contributed by atoms with Crippen LogP contribution in [-0.4, -0.2) is 15.8 Å². The molecule has 0 aliphatic carbocycles. The second kappa shape index (κ2) is 6.91. The Morgan fingerprint density at radius 1 is 1.00 bits per heavy atom. The van der Waals surface area contributed by atoms with Gasteiger partial charge in [-0.2, -0.15) is 0 Å². The van der Waals surface area contributed by atoms with E-state index in [1.807, 2.05) is 26.8 Å². The number of rotatable bonds is 4. The van der Waals surface area contributed by atoms with E-state index < -0.39 is 27.2 Å². The lowest BCUT2D eigenvalue weighted by atomic mass is 9.86. The van der Waals surface area contributed by atoms with Gasteiger partial charge in [0.1, 0.15) is 11.3 Å². The number of hydrogen-bond donors (Lipinski definition) is 0. The molecule has 0 bridgehead atoms. The second-order valence-electron chi connectivity index (χ2n) is 6.79. The van der Waals surface area contributed by atoms with Crippen LogP contribution < -0.4 is 4.74 Å². The molecule has 8 nitrogen and oxygen atoms in total. The fourth-order valence-corrected chi connectivity index (χ4v) is 2.52. The molecule has 0 unspecified atom stereocenters. The highest BCUT2D eigenvalue weighted by molar-refractivity contribution is 5.93. The third-order valence-corrected chi connectivity index (χ3v) is 3.88. The molecule has 0 saturated carbocycles. The van der Waals surface area contributed by atoms with Crippen LogP contribution in [0.3, 0.4) is 0 Å². The molecule has 8 heteroatoms. The number of carbonyl (C=O) groups excluding carboxylic acids is 1. The predicted octanol–water partition coefficient (Wildman–Crippen LogP) is 4.33. The van der Waals surface area contributed by atoms with Crippen LogP contribution >= 0.6 is 0 Å². The average molecular weight is 358 g/mol. The maximum absolute atomic E-state index is 12.5. The molecule has 26 heavy (non-hydrogen) atoms. The minimum Gasteiger partial charge on any atom is -0.423 e. The van der Waals surface area contributed by atoms with Crippen LogP contribution in [0.2, 0.25) is 0 Å². The maximum Gasteiger partial charge on any atom is 0.344 e. The van der Waals surface area contributed by atoms with Crippen LogP contribution in [0.15, 0.2) is 36.4 Å². The molecule has 0 fully saturated rings. The molecular formula is C18H18N2O6. The predicted molar refractivity (Wildman–Crippen MR) is 94.6 cm³/mol. The van der Waals surface area contributed by atoms with Gasteiger partial charge < -0.3 is 4.74 Å². The lowest BCUT2D eigenvalue weighted by molar-refractivity contribution is -0.395. The van der Waals surface area contributed by atoms with Gasteiger partial charge in [-0.05, 0) is 18.4 Å². The molecular weight excluding hydrogens is 340 g/mol. The molecule has 0 amide bonds. The van der Waals surface area contributed by atoms with Crippen molar-refractivity contribution in [3.8, 4) is 5.75 Å². The molecule has 0 atom stereocenters. The average Bonchev–Trinajstić information content (AvgIpc) is 2.53. The summed E-state index contributed by atoms with van der Waals surface area (Å²) in [5.74, 6) is -0.594. The number of ether oxygens (including phenoxy) is 1. The molecule has 0 saturated heterocycles. The first kappa shape index (κ1) is 19.0.